The lowest BCUT2D eigenvalue weighted by Crippen LogP contribution is -2.24. The van der Waals surface area contributed by atoms with Gasteiger partial charge in [0.1, 0.15) is 11.8 Å². The van der Waals surface area contributed by atoms with Gasteiger partial charge in [-0.3, -0.25) is 0 Å². The van der Waals surface area contributed by atoms with Crippen LogP contribution in [0, 0.1) is 11.3 Å². The molecule has 1 aromatic rings. The second-order valence-corrected chi connectivity index (χ2v) is 4.57. The summed E-state index contributed by atoms with van der Waals surface area (Å²) >= 11 is 0. The standard InChI is InChI=1S/C14H21N3O/c1-16(2)8-5-9-17(3)14-10-13(18-4)7-6-12(14)11-15/h6-7,10H,5,8-9H2,1-4H3. The topological polar surface area (TPSA) is 39.5 Å². The van der Waals surface area contributed by atoms with E-state index in [2.05, 4.69) is 30.0 Å². The summed E-state index contributed by atoms with van der Waals surface area (Å²) in [4.78, 5) is 4.26. The molecule has 0 saturated heterocycles. The Morgan fingerprint density at radius 2 is 1.94 bits per heavy atom. The number of rotatable bonds is 6. The van der Waals surface area contributed by atoms with Gasteiger partial charge in [0.2, 0.25) is 0 Å². The first-order valence-electron chi connectivity index (χ1n) is 6.02. The van der Waals surface area contributed by atoms with Crippen molar-refractivity contribution in [3.63, 3.8) is 0 Å². The Hall–Kier alpha value is -1.73. The quantitative estimate of drug-likeness (QED) is 0.770. The van der Waals surface area contributed by atoms with Gasteiger partial charge in [-0.2, -0.15) is 5.26 Å². The largest absolute Gasteiger partial charge is 0.497 e. The van der Waals surface area contributed by atoms with Gasteiger partial charge < -0.3 is 14.5 Å². The van der Waals surface area contributed by atoms with Crippen LogP contribution in [0.5, 0.6) is 5.75 Å². The van der Waals surface area contributed by atoms with Crippen molar-refractivity contribution in [1.82, 2.24) is 4.90 Å². The van der Waals surface area contributed by atoms with Crippen molar-refractivity contribution < 1.29 is 4.74 Å². The van der Waals surface area contributed by atoms with Gasteiger partial charge in [-0.1, -0.05) is 0 Å². The maximum atomic E-state index is 9.12. The first-order valence-corrected chi connectivity index (χ1v) is 6.02. The van der Waals surface area contributed by atoms with Gasteiger partial charge in [0.25, 0.3) is 0 Å². The molecule has 0 spiro atoms. The first-order chi connectivity index (χ1) is 8.58. The van der Waals surface area contributed by atoms with Gasteiger partial charge in [0.15, 0.2) is 0 Å². The van der Waals surface area contributed by atoms with E-state index in [-0.39, 0.29) is 0 Å². The maximum Gasteiger partial charge on any atom is 0.121 e. The summed E-state index contributed by atoms with van der Waals surface area (Å²) < 4.78 is 5.20. The van der Waals surface area contributed by atoms with Crippen molar-refractivity contribution >= 4 is 5.69 Å². The number of hydrogen-bond acceptors (Lipinski definition) is 4. The summed E-state index contributed by atoms with van der Waals surface area (Å²) in [6.07, 6.45) is 1.06. The molecule has 0 atom stereocenters. The number of methoxy groups -OCH3 is 1. The molecule has 0 fully saturated rings. The number of nitrogens with zero attached hydrogens (tertiary/aromatic N) is 3. The van der Waals surface area contributed by atoms with Gasteiger partial charge in [-0.25, -0.2) is 0 Å². The summed E-state index contributed by atoms with van der Waals surface area (Å²) in [6.45, 7) is 1.95. The lowest BCUT2D eigenvalue weighted by atomic mass is 10.1. The van der Waals surface area contributed by atoms with Crippen LogP contribution in [0.15, 0.2) is 18.2 Å². The minimum absolute atomic E-state index is 0.683. The highest BCUT2D eigenvalue weighted by molar-refractivity contribution is 5.61. The molecule has 0 radical (unpaired) electrons. The zero-order chi connectivity index (χ0) is 13.5. The molecule has 18 heavy (non-hydrogen) atoms. The van der Waals surface area contributed by atoms with Crippen LogP contribution in [0.4, 0.5) is 5.69 Å². The molecule has 1 rings (SSSR count). The highest BCUT2D eigenvalue weighted by atomic mass is 16.5. The van der Waals surface area contributed by atoms with Crippen LogP contribution >= 0.6 is 0 Å². The summed E-state index contributed by atoms with van der Waals surface area (Å²) in [7, 11) is 7.76. The summed E-state index contributed by atoms with van der Waals surface area (Å²) in [5.74, 6) is 0.781. The number of ether oxygens (including phenoxy) is 1. The van der Waals surface area contributed by atoms with Gasteiger partial charge in [0, 0.05) is 19.7 Å². The predicted molar refractivity (Wildman–Crippen MR) is 74.2 cm³/mol. The lowest BCUT2D eigenvalue weighted by Gasteiger charge is -2.22. The Morgan fingerprint density at radius 3 is 2.50 bits per heavy atom. The molecule has 0 aromatic heterocycles. The van der Waals surface area contributed by atoms with Crippen LogP contribution < -0.4 is 9.64 Å². The maximum absolute atomic E-state index is 9.12. The zero-order valence-corrected chi connectivity index (χ0v) is 11.6. The third-order valence-corrected chi connectivity index (χ3v) is 2.84. The Kier molecular flexibility index (Phi) is 5.47. The Labute approximate surface area is 109 Å². The van der Waals surface area contributed by atoms with E-state index in [9.17, 15) is 0 Å². The number of nitriles is 1. The summed E-state index contributed by atoms with van der Waals surface area (Å²) in [5.41, 5.74) is 1.61. The fraction of sp³-hybridized carbons (Fsp3) is 0.500. The monoisotopic (exact) mass is 247 g/mol. The number of benzene rings is 1. The van der Waals surface area contributed by atoms with Crippen LogP contribution in [0.3, 0.4) is 0 Å². The van der Waals surface area contributed by atoms with Crippen molar-refractivity contribution in [3.8, 4) is 11.8 Å². The molecule has 0 heterocycles. The lowest BCUT2D eigenvalue weighted by molar-refractivity contribution is 0.401. The average molecular weight is 247 g/mol. The second kappa shape index (κ2) is 6.87. The second-order valence-electron chi connectivity index (χ2n) is 4.57. The fourth-order valence-corrected chi connectivity index (χ4v) is 1.79. The van der Waals surface area contributed by atoms with Crippen LogP contribution in [-0.2, 0) is 0 Å². The number of hydrogen-bond donors (Lipinski definition) is 0. The first kappa shape index (κ1) is 14.3. The number of anilines is 1. The average Bonchev–Trinajstić information content (AvgIpc) is 2.37. The molecule has 4 nitrogen and oxygen atoms in total. The van der Waals surface area contributed by atoms with Gasteiger partial charge in [-0.15, -0.1) is 0 Å². The highest BCUT2D eigenvalue weighted by Gasteiger charge is 2.08. The molecule has 0 aliphatic rings. The Balaban J connectivity index is 2.77. The molecule has 0 aliphatic heterocycles. The van der Waals surface area contributed by atoms with Gasteiger partial charge in [0.05, 0.1) is 18.4 Å². The van der Waals surface area contributed by atoms with Crippen LogP contribution in [0.2, 0.25) is 0 Å². The van der Waals surface area contributed by atoms with Gasteiger partial charge in [-0.05, 0) is 39.2 Å². The molecule has 0 unspecified atom stereocenters. The normalized spacial score (nSPS) is 10.2. The van der Waals surface area contributed by atoms with E-state index in [4.69, 9.17) is 10.00 Å². The van der Waals surface area contributed by atoms with E-state index in [1.54, 1.807) is 13.2 Å². The molecule has 0 amide bonds. The Morgan fingerprint density at radius 1 is 1.22 bits per heavy atom. The summed E-state index contributed by atoms with van der Waals surface area (Å²) in [5, 5.41) is 9.12. The van der Waals surface area contributed by atoms with E-state index in [1.807, 2.05) is 19.2 Å². The van der Waals surface area contributed by atoms with Crippen LogP contribution in [0.1, 0.15) is 12.0 Å². The molecule has 0 aliphatic carbocycles. The molecule has 0 N–H and O–H groups in total. The van der Waals surface area contributed by atoms with Crippen LogP contribution in [0.25, 0.3) is 0 Å². The van der Waals surface area contributed by atoms with Crippen molar-refractivity contribution in [2.75, 3.05) is 46.2 Å². The molecule has 4 heteroatoms. The van der Waals surface area contributed by atoms with Crippen molar-refractivity contribution in [3.05, 3.63) is 23.8 Å². The van der Waals surface area contributed by atoms with Crippen LogP contribution in [-0.4, -0.2) is 46.2 Å². The molecule has 1 aromatic carbocycles. The summed E-state index contributed by atoms with van der Waals surface area (Å²) in [6, 6.07) is 7.75. The zero-order valence-electron chi connectivity index (χ0n) is 11.6. The van der Waals surface area contributed by atoms with E-state index < -0.39 is 0 Å². The Bertz CT molecular complexity index is 424. The van der Waals surface area contributed by atoms with E-state index >= 15 is 0 Å². The third-order valence-electron chi connectivity index (χ3n) is 2.84. The van der Waals surface area contributed by atoms with Crippen molar-refractivity contribution in [1.29, 1.82) is 5.26 Å². The molecule has 0 bridgehead atoms. The van der Waals surface area contributed by atoms with Crippen molar-refractivity contribution in [2.45, 2.75) is 6.42 Å². The highest BCUT2D eigenvalue weighted by Crippen LogP contribution is 2.24. The minimum Gasteiger partial charge on any atom is -0.497 e. The van der Waals surface area contributed by atoms with E-state index in [1.165, 1.54) is 0 Å². The molecular weight excluding hydrogens is 226 g/mol. The SMILES string of the molecule is COc1ccc(C#N)c(N(C)CCCN(C)C)c1. The fourth-order valence-electron chi connectivity index (χ4n) is 1.79. The van der Waals surface area contributed by atoms with E-state index in [0.29, 0.717) is 5.56 Å². The molecule has 0 saturated carbocycles. The minimum atomic E-state index is 0.683. The predicted octanol–water partition coefficient (Wildman–Crippen LogP) is 1.95. The molecular formula is C14H21N3O. The van der Waals surface area contributed by atoms with Gasteiger partial charge >= 0.3 is 0 Å². The smallest absolute Gasteiger partial charge is 0.121 e. The van der Waals surface area contributed by atoms with E-state index in [0.717, 1.165) is 30.9 Å². The van der Waals surface area contributed by atoms with Crippen molar-refractivity contribution in [2.24, 2.45) is 0 Å². The molecule has 98 valence electrons. The third kappa shape index (κ3) is 3.94.